The molecule has 6 heteroatoms. The highest BCUT2D eigenvalue weighted by atomic mass is 16.5. The summed E-state index contributed by atoms with van der Waals surface area (Å²) in [5, 5.41) is 2.97. The van der Waals surface area contributed by atoms with Gasteiger partial charge in [-0.05, 0) is 19.1 Å². The van der Waals surface area contributed by atoms with E-state index in [-0.39, 0.29) is 11.9 Å². The van der Waals surface area contributed by atoms with Gasteiger partial charge >= 0.3 is 0 Å². The minimum absolute atomic E-state index is 0.0833. The number of hydrogen-bond donors (Lipinski definition) is 2. The van der Waals surface area contributed by atoms with E-state index >= 15 is 0 Å². The highest BCUT2D eigenvalue weighted by Gasteiger charge is 2.16. The van der Waals surface area contributed by atoms with Crippen molar-refractivity contribution in [2.45, 2.75) is 13.0 Å². The molecule has 1 saturated heterocycles. The summed E-state index contributed by atoms with van der Waals surface area (Å²) in [6.07, 6.45) is 1.54. The molecule has 1 aromatic rings. The van der Waals surface area contributed by atoms with Gasteiger partial charge in [0.1, 0.15) is 5.82 Å². The number of nitrogens with one attached hydrogen (secondary N) is 1. The lowest BCUT2D eigenvalue weighted by Gasteiger charge is -2.29. The Hall–Kier alpha value is -1.66. The summed E-state index contributed by atoms with van der Waals surface area (Å²) in [4.78, 5) is 18.2. The summed E-state index contributed by atoms with van der Waals surface area (Å²) < 4.78 is 5.30. The zero-order valence-corrected chi connectivity index (χ0v) is 11.1. The van der Waals surface area contributed by atoms with Gasteiger partial charge in [0.2, 0.25) is 0 Å². The Balaban J connectivity index is 1.84. The maximum Gasteiger partial charge on any atom is 0.251 e. The largest absolute Gasteiger partial charge is 0.384 e. The van der Waals surface area contributed by atoms with Crippen molar-refractivity contribution in [2.24, 2.45) is 0 Å². The first-order valence-corrected chi connectivity index (χ1v) is 6.47. The first kappa shape index (κ1) is 13.8. The zero-order valence-electron chi connectivity index (χ0n) is 11.1. The quantitative estimate of drug-likeness (QED) is 0.807. The summed E-state index contributed by atoms with van der Waals surface area (Å²) >= 11 is 0. The summed E-state index contributed by atoms with van der Waals surface area (Å²) in [7, 11) is 0. The lowest BCUT2D eigenvalue weighted by molar-refractivity contribution is 0.0342. The third kappa shape index (κ3) is 4.18. The van der Waals surface area contributed by atoms with Crippen molar-refractivity contribution in [1.82, 2.24) is 15.2 Å². The first-order chi connectivity index (χ1) is 9.15. The molecular formula is C13H20N4O2. The van der Waals surface area contributed by atoms with Gasteiger partial charge in [0.25, 0.3) is 5.91 Å². The van der Waals surface area contributed by atoms with Crippen LogP contribution in [0.15, 0.2) is 18.3 Å². The number of nitrogen functional groups attached to an aromatic ring is 1. The monoisotopic (exact) mass is 264 g/mol. The van der Waals surface area contributed by atoms with E-state index in [0.29, 0.717) is 11.4 Å². The van der Waals surface area contributed by atoms with Gasteiger partial charge in [-0.25, -0.2) is 4.98 Å². The van der Waals surface area contributed by atoms with Gasteiger partial charge in [-0.1, -0.05) is 0 Å². The zero-order chi connectivity index (χ0) is 13.7. The number of hydrogen-bond acceptors (Lipinski definition) is 5. The number of ether oxygens (including phenoxy) is 1. The van der Waals surface area contributed by atoms with E-state index in [1.165, 1.54) is 6.20 Å². The molecule has 1 atom stereocenters. The van der Waals surface area contributed by atoms with E-state index in [1.807, 2.05) is 6.92 Å². The Morgan fingerprint density at radius 3 is 3.00 bits per heavy atom. The molecule has 0 aromatic carbocycles. The van der Waals surface area contributed by atoms with Gasteiger partial charge in [-0.2, -0.15) is 0 Å². The number of carbonyl (C=O) groups excluding carboxylic acids is 1. The number of nitrogens with zero attached hydrogens (tertiary/aromatic N) is 2. The third-order valence-corrected chi connectivity index (χ3v) is 3.06. The van der Waals surface area contributed by atoms with Crippen molar-refractivity contribution >= 4 is 11.7 Å². The fourth-order valence-electron chi connectivity index (χ4n) is 2.11. The molecule has 0 radical (unpaired) electrons. The maximum atomic E-state index is 12.0. The topological polar surface area (TPSA) is 80.5 Å². The standard InChI is InChI=1S/C13H20N4O2/c1-10(9-17-4-6-19-7-5-17)16-13(18)11-2-3-15-12(14)8-11/h2-3,8,10H,4-7,9H2,1H3,(H2,14,15)(H,16,18). The Labute approximate surface area is 112 Å². The Morgan fingerprint density at radius 2 is 2.32 bits per heavy atom. The number of amides is 1. The summed E-state index contributed by atoms with van der Waals surface area (Å²) in [6, 6.07) is 3.32. The van der Waals surface area contributed by atoms with E-state index in [1.54, 1.807) is 12.1 Å². The lowest BCUT2D eigenvalue weighted by Crippen LogP contribution is -2.46. The molecule has 1 amide bonds. The van der Waals surface area contributed by atoms with Crippen LogP contribution in [0.1, 0.15) is 17.3 Å². The van der Waals surface area contributed by atoms with Gasteiger partial charge in [-0.3, -0.25) is 9.69 Å². The predicted octanol–water partition coefficient (Wildman–Crippen LogP) is 0.114. The van der Waals surface area contributed by atoms with Gasteiger partial charge in [0.05, 0.1) is 13.2 Å². The van der Waals surface area contributed by atoms with Crippen molar-refractivity contribution in [3.63, 3.8) is 0 Å². The molecule has 6 nitrogen and oxygen atoms in total. The lowest BCUT2D eigenvalue weighted by atomic mass is 10.2. The van der Waals surface area contributed by atoms with Crippen molar-refractivity contribution < 1.29 is 9.53 Å². The molecule has 0 aliphatic carbocycles. The molecule has 0 bridgehead atoms. The van der Waals surface area contributed by atoms with Crippen LogP contribution < -0.4 is 11.1 Å². The van der Waals surface area contributed by atoms with Crippen LogP contribution in [-0.4, -0.2) is 54.7 Å². The predicted molar refractivity (Wildman–Crippen MR) is 72.8 cm³/mol. The molecule has 1 unspecified atom stereocenters. The number of anilines is 1. The average molecular weight is 264 g/mol. The molecule has 0 saturated carbocycles. The highest BCUT2D eigenvalue weighted by Crippen LogP contribution is 2.04. The van der Waals surface area contributed by atoms with Crippen LogP contribution in [0.4, 0.5) is 5.82 Å². The van der Waals surface area contributed by atoms with Crippen LogP contribution in [0.5, 0.6) is 0 Å². The number of rotatable bonds is 4. The second-order valence-electron chi connectivity index (χ2n) is 4.76. The molecule has 19 heavy (non-hydrogen) atoms. The smallest absolute Gasteiger partial charge is 0.251 e. The average Bonchev–Trinajstić information content (AvgIpc) is 2.39. The molecule has 1 aliphatic rings. The van der Waals surface area contributed by atoms with Gasteiger partial charge in [0, 0.05) is 37.4 Å². The molecule has 1 aromatic heterocycles. The Bertz CT molecular complexity index is 432. The SMILES string of the molecule is CC(CN1CCOCC1)NC(=O)c1ccnc(N)c1. The Kier molecular flexibility index (Phi) is 4.70. The molecule has 104 valence electrons. The number of carbonyl (C=O) groups is 1. The number of morpholine rings is 1. The van der Waals surface area contributed by atoms with E-state index in [0.717, 1.165) is 32.8 Å². The number of aromatic nitrogens is 1. The van der Waals surface area contributed by atoms with E-state index in [9.17, 15) is 4.79 Å². The van der Waals surface area contributed by atoms with E-state index in [2.05, 4.69) is 15.2 Å². The molecular weight excluding hydrogens is 244 g/mol. The normalized spacial score (nSPS) is 17.9. The molecule has 1 fully saturated rings. The van der Waals surface area contributed by atoms with Gasteiger partial charge in [0.15, 0.2) is 0 Å². The molecule has 3 N–H and O–H groups in total. The minimum atomic E-state index is -0.116. The summed E-state index contributed by atoms with van der Waals surface area (Å²) in [6.45, 7) is 6.20. The van der Waals surface area contributed by atoms with Crippen LogP contribution in [0.25, 0.3) is 0 Å². The molecule has 2 heterocycles. The van der Waals surface area contributed by atoms with Crippen LogP contribution in [-0.2, 0) is 4.74 Å². The van der Waals surface area contributed by atoms with Gasteiger partial charge in [-0.15, -0.1) is 0 Å². The molecule has 1 aliphatic heterocycles. The van der Waals surface area contributed by atoms with E-state index < -0.39 is 0 Å². The van der Waals surface area contributed by atoms with Crippen molar-refractivity contribution in [1.29, 1.82) is 0 Å². The fourth-order valence-corrected chi connectivity index (χ4v) is 2.11. The minimum Gasteiger partial charge on any atom is -0.384 e. The van der Waals surface area contributed by atoms with Crippen LogP contribution in [0, 0.1) is 0 Å². The summed E-state index contributed by atoms with van der Waals surface area (Å²) in [5.74, 6) is 0.239. The van der Waals surface area contributed by atoms with Crippen molar-refractivity contribution in [3.8, 4) is 0 Å². The van der Waals surface area contributed by atoms with Gasteiger partial charge < -0.3 is 15.8 Å². The molecule has 0 spiro atoms. The fraction of sp³-hybridized carbons (Fsp3) is 0.538. The third-order valence-electron chi connectivity index (χ3n) is 3.06. The Morgan fingerprint density at radius 1 is 1.58 bits per heavy atom. The molecule has 2 rings (SSSR count). The summed E-state index contributed by atoms with van der Waals surface area (Å²) in [5.41, 5.74) is 6.11. The van der Waals surface area contributed by atoms with Crippen LogP contribution in [0.3, 0.4) is 0 Å². The number of pyridine rings is 1. The second-order valence-corrected chi connectivity index (χ2v) is 4.76. The van der Waals surface area contributed by atoms with Crippen molar-refractivity contribution in [3.05, 3.63) is 23.9 Å². The van der Waals surface area contributed by atoms with E-state index in [4.69, 9.17) is 10.5 Å². The maximum absolute atomic E-state index is 12.0. The first-order valence-electron chi connectivity index (χ1n) is 6.47. The van der Waals surface area contributed by atoms with Crippen LogP contribution in [0.2, 0.25) is 0 Å². The number of nitrogens with two attached hydrogens (primary N) is 1. The van der Waals surface area contributed by atoms with Crippen LogP contribution >= 0.6 is 0 Å². The van der Waals surface area contributed by atoms with Crippen molar-refractivity contribution in [2.75, 3.05) is 38.6 Å². The second kappa shape index (κ2) is 6.49. The highest BCUT2D eigenvalue weighted by molar-refractivity contribution is 5.94.